The highest BCUT2D eigenvalue weighted by molar-refractivity contribution is 8.02. The van der Waals surface area contributed by atoms with Crippen molar-refractivity contribution in [2.24, 2.45) is 0 Å². The molecule has 3 rings (SSSR count). The number of rotatable bonds is 2. The molecule has 2 aromatic rings. The summed E-state index contributed by atoms with van der Waals surface area (Å²) in [6, 6.07) is 19.3. The highest BCUT2D eigenvalue weighted by Gasteiger charge is 2.49. The monoisotopic (exact) mass is 297 g/mol. The lowest BCUT2D eigenvalue weighted by molar-refractivity contribution is -0.143. The first kappa shape index (κ1) is 13.9. The molecule has 0 radical (unpaired) electrons. The first-order valence-electron chi connectivity index (χ1n) is 6.72. The molecule has 21 heavy (non-hydrogen) atoms. The van der Waals surface area contributed by atoms with Gasteiger partial charge in [-0.1, -0.05) is 60.7 Å². The Morgan fingerprint density at radius 3 is 1.86 bits per heavy atom. The highest BCUT2D eigenvalue weighted by Crippen LogP contribution is 2.46. The second-order valence-electron chi connectivity index (χ2n) is 4.96. The van der Waals surface area contributed by atoms with Crippen LogP contribution in [0.2, 0.25) is 0 Å². The van der Waals surface area contributed by atoms with Crippen LogP contribution in [0.5, 0.6) is 0 Å². The summed E-state index contributed by atoms with van der Waals surface area (Å²) in [5, 5.41) is 0. The van der Waals surface area contributed by atoms with Crippen molar-refractivity contribution >= 4 is 23.6 Å². The molecular formula is C17H15NO2S. The van der Waals surface area contributed by atoms with Gasteiger partial charge in [-0.25, -0.2) is 0 Å². The van der Waals surface area contributed by atoms with Crippen LogP contribution in [-0.4, -0.2) is 29.5 Å². The van der Waals surface area contributed by atoms with Crippen molar-refractivity contribution in [3.05, 3.63) is 71.8 Å². The van der Waals surface area contributed by atoms with Gasteiger partial charge in [0.05, 0.1) is 5.75 Å². The van der Waals surface area contributed by atoms with Crippen LogP contribution in [0.3, 0.4) is 0 Å². The summed E-state index contributed by atoms with van der Waals surface area (Å²) in [6.45, 7) is 0. The Kier molecular flexibility index (Phi) is 3.55. The Morgan fingerprint density at radius 1 is 0.905 bits per heavy atom. The maximum absolute atomic E-state index is 12.9. The lowest BCUT2D eigenvalue weighted by Gasteiger charge is -2.39. The van der Waals surface area contributed by atoms with Crippen molar-refractivity contribution < 1.29 is 9.59 Å². The molecule has 0 spiro atoms. The minimum atomic E-state index is -0.842. The number of hydrogen-bond donors (Lipinski definition) is 0. The second-order valence-corrected chi connectivity index (χ2v) is 6.15. The molecule has 1 saturated heterocycles. The maximum Gasteiger partial charge on any atom is 0.254 e. The van der Waals surface area contributed by atoms with Gasteiger partial charge in [-0.05, 0) is 11.1 Å². The number of benzene rings is 2. The molecule has 1 heterocycles. The first-order chi connectivity index (χ1) is 10.2. The van der Waals surface area contributed by atoms with Crippen molar-refractivity contribution in [3.8, 4) is 0 Å². The van der Waals surface area contributed by atoms with E-state index in [2.05, 4.69) is 0 Å². The molecular weight excluding hydrogens is 282 g/mol. The van der Waals surface area contributed by atoms with Crippen molar-refractivity contribution in [2.75, 3.05) is 12.8 Å². The quantitative estimate of drug-likeness (QED) is 0.800. The largest absolute Gasteiger partial charge is 0.283 e. The molecule has 4 heteroatoms. The van der Waals surface area contributed by atoms with Crippen LogP contribution in [-0.2, 0) is 14.3 Å². The molecule has 0 unspecified atom stereocenters. The van der Waals surface area contributed by atoms with Crippen LogP contribution in [0, 0.1) is 0 Å². The van der Waals surface area contributed by atoms with Crippen LogP contribution in [0.1, 0.15) is 11.1 Å². The van der Waals surface area contributed by atoms with Crippen LogP contribution < -0.4 is 0 Å². The Hall–Kier alpha value is -2.07. The number of likely N-dealkylation sites (N-methyl/N-ethyl adjacent to an activating group) is 1. The van der Waals surface area contributed by atoms with Gasteiger partial charge in [-0.3, -0.25) is 14.5 Å². The number of imide groups is 1. The number of carbonyl (C=O) groups is 2. The summed E-state index contributed by atoms with van der Waals surface area (Å²) >= 11 is 1.40. The highest BCUT2D eigenvalue weighted by atomic mass is 32.2. The van der Waals surface area contributed by atoms with Gasteiger partial charge in [0.15, 0.2) is 0 Å². The topological polar surface area (TPSA) is 37.4 Å². The fourth-order valence-corrected chi connectivity index (χ4v) is 4.00. The number of amides is 2. The van der Waals surface area contributed by atoms with Gasteiger partial charge in [-0.2, -0.15) is 0 Å². The molecule has 2 amide bonds. The van der Waals surface area contributed by atoms with Gasteiger partial charge >= 0.3 is 0 Å². The van der Waals surface area contributed by atoms with Gasteiger partial charge in [0.2, 0.25) is 5.91 Å². The van der Waals surface area contributed by atoms with E-state index in [1.54, 1.807) is 7.05 Å². The van der Waals surface area contributed by atoms with E-state index < -0.39 is 4.75 Å². The van der Waals surface area contributed by atoms with E-state index in [0.717, 1.165) is 11.1 Å². The fraction of sp³-hybridized carbons (Fsp3) is 0.176. The second kappa shape index (κ2) is 5.37. The number of thioether (sulfide) groups is 1. The lowest BCUT2D eigenvalue weighted by Crippen LogP contribution is -2.51. The zero-order valence-corrected chi connectivity index (χ0v) is 12.5. The molecule has 0 saturated carbocycles. The molecule has 1 aliphatic rings. The van der Waals surface area contributed by atoms with Crippen LogP contribution >= 0.6 is 11.8 Å². The molecule has 3 nitrogen and oxygen atoms in total. The van der Waals surface area contributed by atoms with E-state index >= 15 is 0 Å². The molecule has 106 valence electrons. The smallest absolute Gasteiger partial charge is 0.254 e. The van der Waals surface area contributed by atoms with Crippen molar-refractivity contribution in [1.29, 1.82) is 0 Å². The van der Waals surface area contributed by atoms with Crippen LogP contribution in [0.15, 0.2) is 60.7 Å². The normalized spacial score (nSPS) is 17.9. The third kappa shape index (κ3) is 2.16. The number of nitrogens with zero attached hydrogens (tertiary/aromatic N) is 1. The van der Waals surface area contributed by atoms with Crippen molar-refractivity contribution in [1.82, 2.24) is 4.90 Å². The van der Waals surface area contributed by atoms with Crippen molar-refractivity contribution in [2.45, 2.75) is 4.75 Å². The molecule has 0 aliphatic carbocycles. The van der Waals surface area contributed by atoms with Crippen LogP contribution in [0.25, 0.3) is 0 Å². The zero-order chi connectivity index (χ0) is 14.9. The molecule has 2 aromatic carbocycles. The summed E-state index contributed by atoms with van der Waals surface area (Å²) in [5.41, 5.74) is 1.82. The average molecular weight is 297 g/mol. The average Bonchev–Trinajstić information content (AvgIpc) is 2.55. The molecule has 0 atom stereocenters. The summed E-state index contributed by atoms with van der Waals surface area (Å²) in [5.74, 6) is -0.0277. The van der Waals surface area contributed by atoms with Gasteiger partial charge in [0.1, 0.15) is 4.75 Å². The van der Waals surface area contributed by atoms with Gasteiger partial charge in [0.25, 0.3) is 5.91 Å². The van der Waals surface area contributed by atoms with E-state index in [1.165, 1.54) is 16.7 Å². The maximum atomic E-state index is 12.9. The van der Waals surface area contributed by atoms with E-state index in [-0.39, 0.29) is 11.8 Å². The zero-order valence-electron chi connectivity index (χ0n) is 11.7. The molecule has 0 aromatic heterocycles. The SMILES string of the molecule is CN1C(=O)CSC(c2ccccc2)(c2ccccc2)C1=O. The third-order valence-corrected chi connectivity index (χ3v) is 5.22. The molecule has 1 aliphatic heterocycles. The summed E-state index contributed by atoms with van der Waals surface area (Å²) < 4.78 is -0.842. The standard InChI is InChI=1S/C17H15NO2S/c1-18-15(19)12-21-17(16(18)20,13-8-4-2-5-9-13)14-10-6-3-7-11-14/h2-11H,12H2,1H3. The Labute approximate surface area is 128 Å². The molecule has 1 fully saturated rings. The predicted octanol–water partition coefficient (Wildman–Crippen LogP) is 2.66. The Bertz CT molecular complexity index is 630. The Morgan fingerprint density at radius 2 is 1.38 bits per heavy atom. The van der Waals surface area contributed by atoms with E-state index in [9.17, 15) is 9.59 Å². The van der Waals surface area contributed by atoms with Crippen molar-refractivity contribution in [3.63, 3.8) is 0 Å². The Balaban J connectivity index is 2.22. The first-order valence-corrected chi connectivity index (χ1v) is 7.71. The minimum absolute atomic E-state index is 0.146. The molecule has 0 bridgehead atoms. The van der Waals surface area contributed by atoms with Crippen LogP contribution in [0.4, 0.5) is 0 Å². The number of hydrogen-bond acceptors (Lipinski definition) is 3. The van der Waals surface area contributed by atoms with E-state index in [1.807, 2.05) is 60.7 Å². The lowest BCUT2D eigenvalue weighted by atomic mass is 9.88. The minimum Gasteiger partial charge on any atom is -0.283 e. The summed E-state index contributed by atoms with van der Waals surface area (Å²) in [6.07, 6.45) is 0. The molecule has 0 N–H and O–H groups in total. The van der Waals surface area contributed by atoms with Gasteiger partial charge in [0, 0.05) is 7.05 Å². The predicted molar refractivity (Wildman–Crippen MR) is 83.9 cm³/mol. The van der Waals surface area contributed by atoms with E-state index in [0.29, 0.717) is 5.75 Å². The van der Waals surface area contributed by atoms with Gasteiger partial charge in [-0.15, -0.1) is 11.8 Å². The van der Waals surface area contributed by atoms with Gasteiger partial charge < -0.3 is 0 Å². The summed E-state index contributed by atoms with van der Waals surface area (Å²) in [4.78, 5) is 26.0. The number of carbonyl (C=O) groups excluding carboxylic acids is 2. The summed E-state index contributed by atoms with van der Waals surface area (Å²) in [7, 11) is 1.56. The third-order valence-electron chi connectivity index (χ3n) is 3.75. The van der Waals surface area contributed by atoms with E-state index in [4.69, 9.17) is 0 Å². The fourth-order valence-electron chi connectivity index (χ4n) is 2.60.